The molecule has 0 saturated carbocycles. The van der Waals surface area contributed by atoms with Crippen LogP contribution in [0.5, 0.6) is 5.75 Å². The van der Waals surface area contributed by atoms with E-state index in [2.05, 4.69) is 40.5 Å². The SMILES string of the molecule is Cc1nc2nc(C(=O)NO)cc(SCC3=C(C(=O)O)N4C(=O)[C@@H](NC(=O)/C(=N\OCc5ncc(O)c(=O)[nH]5)c5csc(N)n5)[C@H]4SC3)n2n1. The Morgan fingerprint density at radius 1 is 1.24 bits per heavy atom. The molecule has 0 aliphatic carbocycles. The summed E-state index contributed by atoms with van der Waals surface area (Å²) in [7, 11) is 0. The number of nitrogen functional groups attached to an aromatic ring is 1. The number of β-lactam (4-membered cyclic amide) rings is 1. The molecule has 1 fully saturated rings. The van der Waals surface area contributed by atoms with Crippen molar-refractivity contribution in [2.24, 2.45) is 5.16 Å². The number of nitrogens with one attached hydrogen (secondary N) is 3. The van der Waals surface area contributed by atoms with Crippen LogP contribution in [0.3, 0.4) is 0 Å². The number of amides is 3. The van der Waals surface area contributed by atoms with E-state index in [0.29, 0.717) is 16.4 Å². The summed E-state index contributed by atoms with van der Waals surface area (Å²) in [5.41, 5.74) is 6.10. The first kappa shape index (κ1) is 33.3. The number of carbonyl (C=O) groups is 4. The maximum absolute atomic E-state index is 13.4. The predicted molar refractivity (Wildman–Crippen MR) is 170 cm³/mol. The number of thiazole rings is 1. The van der Waals surface area contributed by atoms with Gasteiger partial charge < -0.3 is 31.1 Å². The number of hydroxylamine groups is 1. The van der Waals surface area contributed by atoms with Crippen molar-refractivity contribution in [3.05, 3.63) is 62.3 Å². The highest BCUT2D eigenvalue weighted by Crippen LogP contribution is 2.41. The molecule has 0 unspecified atom stereocenters. The summed E-state index contributed by atoms with van der Waals surface area (Å²) in [6.45, 7) is 1.22. The number of nitrogens with two attached hydrogens (primary N) is 1. The molecule has 49 heavy (non-hydrogen) atoms. The van der Waals surface area contributed by atoms with Crippen LogP contribution in [0.2, 0.25) is 0 Å². The number of fused-ring (bicyclic) bond motifs is 2. The molecule has 6 rings (SSSR count). The number of carboxylic acids is 1. The lowest BCUT2D eigenvalue weighted by Crippen LogP contribution is -2.71. The number of aryl methyl sites for hydroxylation is 1. The van der Waals surface area contributed by atoms with Gasteiger partial charge in [0.25, 0.3) is 29.1 Å². The number of oxime groups is 1. The highest BCUT2D eigenvalue weighted by atomic mass is 32.2. The van der Waals surface area contributed by atoms with Crippen LogP contribution < -0.4 is 22.1 Å². The zero-order valence-corrected chi connectivity index (χ0v) is 27.1. The maximum atomic E-state index is 13.4. The first-order valence-electron chi connectivity index (χ1n) is 13.7. The number of aromatic nitrogens is 7. The Bertz CT molecular complexity index is 2150. The molecule has 254 valence electrons. The van der Waals surface area contributed by atoms with Crippen LogP contribution in [-0.2, 0) is 25.8 Å². The third-order valence-corrected chi connectivity index (χ3v) is 9.91. The Hall–Kier alpha value is -5.59. The molecular weight excluding hydrogens is 709 g/mol. The number of hydrogen-bond acceptors (Lipinski definition) is 18. The summed E-state index contributed by atoms with van der Waals surface area (Å²) in [5.74, 6) is -3.70. The largest absolute Gasteiger partial charge is 0.502 e. The van der Waals surface area contributed by atoms with E-state index in [1.165, 1.54) is 33.2 Å². The van der Waals surface area contributed by atoms with E-state index in [0.717, 1.165) is 34.2 Å². The molecular formula is C25H22N12O9S3. The van der Waals surface area contributed by atoms with Crippen molar-refractivity contribution in [2.75, 3.05) is 17.2 Å². The number of H-pyrrole nitrogens is 1. The van der Waals surface area contributed by atoms with Gasteiger partial charge in [0, 0.05) is 23.0 Å². The third kappa shape index (κ3) is 6.60. The number of carbonyl (C=O) groups excluding carboxylic acids is 3. The van der Waals surface area contributed by atoms with Crippen molar-refractivity contribution in [1.29, 1.82) is 0 Å². The van der Waals surface area contributed by atoms with E-state index in [4.69, 9.17) is 15.8 Å². The summed E-state index contributed by atoms with van der Waals surface area (Å²) >= 11 is 3.36. The zero-order valence-electron chi connectivity index (χ0n) is 24.7. The second-order valence-corrected chi connectivity index (χ2v) is 13.0. The Kier molecular flexibility index (Phi) is 9.18. The first-order valence-corrected chi connectivity index (χ1v) is 16.6. The Labute approximate surface area is 284 Å². The number of aromatic amines is 1. The molecule has 3 amide bonds. The lowest BCUT2D eigenvalue weighted by molar-refractivity contribution is -0.150. The molecule has 24 heteroatoms. The Balaban J connectivity index is 1.19. The fourth-order valence-corrected chi connectivity index (χ4v) is 7.66. The van der Waals surface area contributed by atoms with Crippen molar-refractivity contribution in [3.8, 4) is 5.75 Å². The van der Waals surface area contributed by atoms with Gasteiger partial charge in [-0.25, -0.2) is 25.2 Å². The molecule has 4 aromatic rings. The molecule has 0 bridgehead atoms. The van der Waals surface area contributed by atoms with Gasteiger partial charge in [0.15, 0.2) is 23.2 Å². The summed E-state index contributed by atoms with van der Waals surface area (Å²) in [6.07, 6.45) is 0.917. The second-order valence-electron chi connectivity index (χ2n) is 10.0. The van der Waals surface area contributed by atoms with E-state index >= 15 is 0 Å². The molecule has 0 aromatic carbocycles. The molecule has 2 atom stereocenters. The van der Waals surface area contributed by atoms with Gasteiger partial charge in [-0.1, -0.05) is 5.16 Å². The van der Waals surface area contributed by atoms with Crippen molar-refractivity contribution in [1.82, 2.24) is 50.2 Å². The second kappa shape index (κ2) is 13.5. The first-order chi connectivity index (χ1) is 23.4. The minimum absolute atomic E-state index is 0.00433. The molecule has 21 nitrogen and oxygen atoms in total. The quantitative estimate of drug-likeness (QED) is 0.0239. The average molecular weight is 731 g/mol. The fraction of sp³-hybridized carbons (Fsp3) is 0.240. The van der Waals surface area contributed by atoms with Gasteiger partial charge in [0.2, 0.25) is 0 Å². The van der Waals surface area contributed by atoms with Crippen LogP contribution in [-0.4, -0.2) is 107 Å². The maximum Gasteiger partial charge on any atom is 0.352 e. The molecule has 0 radical (unpaired) electrons. The fourth-order valence-electron chi connectivity index (χ4n) is 4.64. The topological polar surface area (TPSA) is 306 Å². The van der Waals surface area contributed by atoms with Crippen LogP contribution in [0.4, 0.5) is 5.13 Å². The monoisotopic (exact) mass is 730 g/mol. The van der Waals surface area contributed by atoms with Gasteiger partial charge in [-0.3, -0.25) is 29.3 Å². The summed E-state index contributed by atoms with van der Waals surface area (Å²) in [4.78, 5) is 87.5. The van der Waals surface area contributed by atoms with Gasteiger partial charge in [-0.2, -0.15) is 9.50 Å². The van der Waals surface area contributed by atoms with Crippen LogP contribution in [0.1, 0.15) is 27.8 Å². The number of nitrogens with zero attached hydrogens (tertiary/aromatic N) is 8. The van der Waals surface area contributed by atoms with Crippen molar-refractivity contribution in [3.63, 3.8) is 0 Å². The van der Waals surface area contributed by atoms with E-state index in [1.54, 1.807) is 6.92 Å². The molecule has 8 N–H and O–H groups in total. The van der Waals surface area contributed by atoms with Crippen molar-refractivity contribution < 1.29 is 39.4 Å². The van der Waals surface area contributed by atoms with Crippen LogP contribution in [0.25, 0.3) is 5.78 Å². The Morgan fingerprint density at radius 3 is 2.73 bits per heavy atom. The highest BCUT2D eigenvalue weighted by Gasteiger charge is 2.54. The minimum atomic E-state index is -1.36. The number of carboxylic acid groups (broad SMARTS) is 1. The van der Waals surface area contributed by atoms with Crippen LogP contribution in [0.15, 0.2) is 43.9 Å². The molecule has 2 aliphatic rings. The number of rotatable bonds is 11. The normalized spacial score (nSPS) is 17.5. The predicted octanol–water partition coefficient (Wildman–Crippen LogP) is -1.17. The molecule has 2 aliphatic heterocycles. The standard InChI is InChI=1S/C25H22N12O9S3/c1-8-28-25-30-10(18(39)34-45)2-14(37(25)33-8)47-5-9-6-48-22-16(21(42)36(22)17(9)23(43)44)32-20(41)15(11-7-49-24(26)29-11)35-46-4-13-27-3-12(38)19(40)31-13/h2-3,7,16,22,38,45H,4-6H2,1H3,(H2,26,29)(H,32,41)(H,34,39)(H,43,44)(H,27,31,40)/b35-15-/t16-,22-/m1/s1. The molecule has 0 spiro atoms. The van der Waals surface area contributed by atoms with Gasteiger partial charge >= 0.3 is 5.97 Å². The average Bonchev–Trinajstić information content (AvgIpc) is 3.68. The minimum Gasteiger partial charge on any atom is -0.502 e. The Morgan fingerprint density at radius 2 is 2.04 bits per heavy atom. The summed E-state index contributed by atoms with van der Waals surface area (Å²) in [6, 6.07) is 0.228. The summed E-state index contributed by atoms with van der Waals surface area (Å²) in [5, 5.41) is 40.4. The van der Waals surface area contributed by atoms with Gasteiger partial charge in [0.1, 0.15) is 45.2 Å². The molecule has 1 saturated heterocycles. The molecule has 6 heterocycles. The van der Waals surface area contributed by atoms with Crippen LogP contribution >= 0.6 is 34.9 Å². The van der Waals surface area contributed by atoms with Gasteiger partial charge in [-0.15, -0.1) is 40.0 Å². The van der Waals surface area contributed by atoms with E-state index in [9.17, 15) is 34.2 Å². The van der Waals surface area contributed by atoms with E-state index in [-0.39, 0.29) is 51.0 Å². The lowest BCUT2D eigenvalue weighted by atomic mass is 10.0. The number of anilines is 1. The zero-order chi connectivity index (χ0) is 35.0. The highest BCUT2D eigenvalue weighted by molar-refractivity contribution is 8.01. The van der Waals surface area contributed by atoms with Gasteiger partial charge in [0.05, 0.1) is 6.20 Å². The summed E-state index contributed by atoms with van der Waals surface area (Å²) < 4.78 is 1.37. The van der Waals surface area contributed by atoms with E-state index < -0.39 is 53.0 Å². The number of thioether (sulfide) groups is 2. The molecule has 4 aromatic heterocycles. The number of aliphatic carboxylic acids is 1. The lowest BCUT2D eigenvalue weighted by Gasteiger charge is -2.49. The van der Waals surface area contributed by atoms with Crippen molar-refractivity contribution >= 4 is 75.2 Å². The smallest absolute Gasteiger partial charge is 0.352 e. The van der Waals surface area contributed by atoms with Crippen molar-refractivity contribution in [2.45, 2.75) is 30.0 Å². The van der Waals surface area contributed by atoms with E-state index in [1.807, 2.05) is 0 Å². The number of aromatic hydroxyl groups is 1. The number of hydrogen-bond donors (Lipinski definition) is 7. The van der Waals surface area contributed by atoms with Gasteiger partial charge in [-0.05, 0) is 12.5 Å². The van der Waals surface area contributed by atoms with Crippen LogP contribution in [0, 0.1) is 6.92 Å². The third-order valence-electron chi connectivity index (χ3n) is 6.82.